The summed E-state index contributed by atoms with van der Waals surface area (Å²) < 4.78 is 1.46. The van der Waals surface area contributed by atoms with Crippen LogP contribution in [0.2, 0.25) is 0 Å². The number of aryl methyl sites for hydroxylation is 1. The molecule has 0 saturated carbocycles. The number of aromatic carboxylic acids is 1. The first-order valence-electron chi connectivity index (χ1n) is 8.79. The molecular formula is C21H17N5O3. The normalized spacial score (nSPS) is 10.8. The number of nitrogens with two attached hydrogens (primary N) is 1. The second-order valence-corrected chi connectivity index (χ2v) is 6.47. The molecule has 2 heterocycles. The molecule has 144 valence electrons. The van der Waals surface area contributed by atoms with Gasteiger partial charge in [0.15, 0.2) is 5.65 Å². The van der Waals surface area contributed by atoms with Crippen LogP contribution in [0.1, 0.15) is 26.3 Å². The Bertz CT molecular complexity index is 1230. The lowest BCUT2D eigenvalue weighted by Gasteiger charge is -2.08. The van der Waals surface area contributed by atoms with Crippen molar-refractivity contribution in [3.05, 3.63) is 77.5 Å². The lowest BCUT2D eigenvalue weighted by molar-refractivity contribution is 0.0696. The van der Waals surface area contributed by atoms with E-state index in [1.807, 2.05) is 37.3 Å². The fraction of sp³-hybridized carbons (Fsp3) is 0.0476. The smallest absolute Gasteiger partial charge is 0.335 e. The minimum atomic E-state index is -1.04. The molecule has 8 nitrogen and oxygen atoms in total. The summed E-state index contributed by atoms with van der Waals surface area (Å²) in [5.74, 6) is -1.33. The van der Waals surface area contributed by atoms with Crippen molar-refractivity contribution in [2.24, 2.45) is 0 Å². The number of nitrogen functional groups attached to an aromatic ring is 1. The Morgan fingerprint density at radius 2 is 1.76 bits per heavy atom. The van der Waals surface area contributed by atoms with Gasteiger partial charge < -0.3 is 16.2 Å². The van der Waals surface area contributed by atoms with Crippen molar-refractivity contribution in [3.8, 4) is 11.3 Å². The summed E-state index contributed by atoms with van der Waals surface area (Å²) in [6.45, 7) is 1.90. The lowest BCUT2D eigenvalue weighted by atomic mass is 10.1. The molecule has 0 saturated heterocycles. The van der Waals surface area contributed by atoms with Crippen molar-refractivity contribution in [1.29, 1.82) is 0 Å². The summed E-state index contributed by atoms with van der Waals surface area (Å²) in [6.07, 6.45) is 1.41. The predicted molar refractivity (Wildman–Crippen MR) is 109 cm³/mol. The Hall–Kier alpha value is -4.20. The Labute approximate surface area is 165 Å². The molecule has 0 fully saturated rings. The number of hydrogen-bond donors (Lipinski definition) is 3. The van der Waals surface area contributed by atoms with E-state index in [9.17, 15) is 9.59 Å². The molecule has 0 radical (unpaired) electrons. The number of benzene rings is 2. The third-order valence-electron chi connectivity index (χ3n) is 4.59. The van der Waals surface area contributed by atoms with E-state index in [1.54, 1.807) is 0 Å². The summed E-state index contributed by atoms with van der Waals surface area (Å²) in [6, 6.07) is 15.5. The van der Waals surface area contributed by atoms with Crippen LogP contribution in [0.25, 0.3) is 16.9 Å². The number of carbonyl (C=O) groups is 2. The van der Waals surface area contributed by atoms with Gasteiger partial charge in [0, 0.05) is 23.0 Å². The molecule has 0 aliphatic heterocycles. The highest BCUT2D eigenvalue weighted by Gasteiger charge is 2.19. The molecule has 2 aromatic carbocycles. The minimum absolute atomic E-state index is 0.131. The zero-order valence-corrected chi connectivity index (χ0v) is 15.5. The number of carboxylic acid groups (broad SMARTS) is 1. The number of nitrogens with one attached hydrogen (secondary N) is 1. The fourth-order valence-electron chi connectivity index (χ4n) is 3.05. The van der Waals surface area contributed by atoms with Crippen LogP contribution >= 0.6 is 0 Å². The van der Waals surface area contributed by atoms with Gasteiger partial charge in [-0.2, -0.15) is 9.61 Å². The molecule has 4 aromatic rings. The quantitative estimate of drug-likeness (QED) is 0.494. The van der Waals surface area contributed by atoms with Crippen molar-refractivity contribution in [1.82, 2.24) is 14.6 Å². The van der Waals surface area contributed by atoms with Crippen molar-refractivity contribution < 1.29 is 14.7 Å². The number of amides is 1. The SMILES string of the molecule is Cc1c(-c2ccccc2)nn2c(N)c(C(=O)Nc3ccc(C(=O)O)cc3)cnc12. The van der Waals surface area contributed by atoms with Gasteiger partial charge in [-0.25, -0.2) is 9.78 Å². The average molecular weight is 387 g/mol. The molecule has 2 aromatic heterocycles. The Balaban J connectivity index is 1.68. The van der Waals surface area contributed by atoms with Gasteiger partial charge in [-0.1, -0.05) is 30.3 Å². The van der Waals surface area contributed by atoms with Crippen molar-refractivity contribution in [3.63, 3.8) is 0 Å². The number of rotatable bonds is 4. The van der Waals surface area contributed by atoms with E-state index in [2.05, 4.69) is 15.4 Å². The van der Waals surface area contributed by atoms with E-state index < -0.39 is 11.9 Å². The maximum atomic E-state index is 12.7. The topological polar surface area (TPSA) is 123 Å². The zero-order chi connectivity index (χ0) is 20.5. The van der Waals surface area contributed by atoms with Crippen LogP contribution in [-0.4, -0.2) is 31.6 Å². The van der Waals surface area contributed by atoms with E-state index in [-0.39, 0.29) is 16.9 Å². The largest absolute Gasteiger partial charge is 0.478 e. The van der Waals surface area contributed by atoms with Crippen LogP contribution in [0.5, 0.6) is 0 Å². The first-order valence-corrected chi connectivity index (χ1v) is 8.79. The predicted octanol–water partition coefficient (Wildman–Crippen LogP) is 3.24. The number of nitrogens with zero attached hydrogens (tertiary/aromatic N) is 3. The second-order valence-electron chi connectivity index (χ2n) is 6.47. The van der Waals surface area contributed by atoms with Gasteiger partial charge in [0.2, 0.25) is 0 Å². The Kier molecular flexibility index (Phi) is 4.44. The van der Waals surface area contributed by atoms with E-state index in [1.165, 1.54) is 35.0 Å². The van der Waals surface area contributed by atoms with Crippen LogP contribution in [0.4, 0.5) is 11.5 Å². The first kappa shape index (κ1) is 18.2. The van der Waals surface area contributed by atoms with Crippen LogP contribution in [0.3, 0.4) is 0 Å². The van der Waals surface area contributed by atoms with E-state index in [0.717, 1.165) is 16.8 Å². The Morgan fingerprint density at radius 1 is 1.07 bits per heavy atom. The molecule has 0 bridgehead atoms. The first-order chi connectivity index (χ1) is 14.0. The number of carbonyl (C=O) groups excluding carboxylic acids is 1. The highest BCUT2D eigenvalue weighted by molar-refractivity contribution is 6.07. The van der Waals surface area contributed by atoms with Gasteiger partial charge in [-0.05, 0) is 31.2 Å². The number of hydrogen-bond acceptors (Lipinski definition) is 5. The Morgan fingerprint density at radius 3 is 2.41 bits per heavy atom. The summed E-state index contributed by atoms with van der Waals surface area (Å²) >= 11 is 0. The van der Waals surface area contributed by atoms with Gasteiger partial charge in [-0.3, -0.25) is 4.79 Å². The summed E-state index contributed by atoms with van der Waals surface area (Å²) in [4.78, 5) is 28.0. The third-order valence-corrected chi connectivity index (χ3v) is 4.59. The lowest BCUT2D eigenvalue weighted by Crippen LogP contribution is -2.17. The number of aromatic nitrogens is 3. The van der Waals surface area contributed by atoms with Crippen molar-refractivity contribution in [2.75, 3.05) is 11.1 Å². The standard InChI is InChI=1S/C21H17N5O3/c1-12-17(13-5-3-2-4-6-13)25-26-18(22)16(11-23-19(12)26)20(27)24-15-9-7-14(8-10-15)21(28)29/h2-11H,22H2,1H3,(H,24,27)(H,28,29). The summed E-state index contributed by atoms with van der Waals surface area (Å²) in [7, 11) is 0. The van der Waals surface area contributed by atoms with Crippen LogP contribution in [-0.2, 0) is 0 Å². The maximum absolute atomic E-state index is 12.7. The molecule has 0 aliphatic carbocycles. The van der Waals surface area contributed by atoms with E-state index in [0.29, 0.717) is 11.3 Å². The maximum Gasteiger partial charge on any atom is 0.335 e. The van der Waals surface area contributed by atoms with Gasteiger partial charge in [0.25, 0.3) is 5.91 Å². The highest BCUT2D eigenvalue weighted by Crippen LogP contribution is 2.26. The fourth-order valence-corrected chi connectivity index (χ4v) is 3.05. The van der Waals surface area contributed by atoms with Gasteiger partial charge in [-0.15, -0.1) is 0 Å². The summed E-state index contributed by atoms with van der Waals surface area (Å²) in [5, 5.41) is 16.2. The molecule has 29 heavy (non-hydrogen) atoms. The minimum Gasteiger partial charge on any atom is -0.478 e. The zero-order valence-electron chi connectivity index (χ0n) is 15.5. The number of anilines is 2. The highest BCUT2D eigenvalue weighted by atomic mass is 16.4. The number of fused-ring (bicyclic) bond motifs is 1. The van der Waals surface area contributed by atoms with E-state index in [4.69, 9.17) is 10.8 Å². The second kappa shape index (κ2) is 7.08. The molecular weight excluding hydrogens is 370 g/mol. The van der Waals surface area contributed by atoms with Gasteiger partial charge in [0.05, 0.1) is 11.3 Å². The van der Waals surface area contributed by atoms with Crippen LogP contribution in [0.15, 0.2) is 60.8 Å². The molecule has 0 unspecified atom stereocenters. The molecule has 1 amide bonds. The van der Waals surface area contributed by atoms with Crippen molar-refractivity contribution >= 4 is 29.0 Å². The third kappa shape index (κ3) is 3.27. The molecule has 8 heteroatoms. The van der Waals surface area contributed by atoms with Crippen molar-refractivity contribution in [2.45, 2.75) is 6.92 Å². The van der Waals surface area contributed by atoms with Gasteiger partial charge >= 0.3 is 5.97 Å². The average Bonchev–Trinajstić information content (AvgIpc) is 3.07. The monoisotopic (exact) mass is 387 g/mol. The molecule has 4 N–H and O–H groups in total. The summed E-state index contributed by atoms with van der Waals surface area (Å²) in [5.41, 5.74) is 10.1. The molecule has 0 spiro atoms. The van der Waals surface area contributed by atoms with Crippen LogP contribution in [0, 0.1) is 6.92 Å². The molecule has 0 atom stereocenters. The number of carboxylic acids is 1. The van der Waals surface area contributed by atoms with E-state index >= 15 is 0 Å². The molecule has 0 aliphatic rings. The van der Waals surface area contributed by atoms with Crippen LogP contribution < -0.4 is 11.1 Å². The molecule has 4 rings (SSSR count). The van der Waals surface area contributed by atoms with Gasteiger partial charge in [0.1, 0.15) is 11.4 Å².